The smallest absolute Gasteiger partial charge is 1.00 e. The van der Waals surface area contributed by atoms with Crippen LogP contribution in [0.2, 0.25) is 0 Å². The molecule has 4 nitrogen and oxygen atoms in total. The first-order valence-corrected chi connectivity index (χ1v) is 14.7. The molecule has 2 unspecified atom stereocenters. The number of carbonyl (C=O) groups excluding carboxylic acids is 1. The molecule has 0 aliphatic heterocycles. The molecule has 0 spiro atoms. The minimum atomic E-state index is -1.02. The summed E-state index contributed by atoms with van der Waals surface area (Å²) in [5.74, 6) is -0.459. The van der Waals surface area contributed by atoms with Gasteiger partial charge in [-0.05, 0) is 83.6 Å². The van der Waals surface area contributed by atoms with Crippen molar-refractivity contribution in [3.8, 4) is 11.1 Å². The van der Waals surface area contributed by atoms with E-state index in [1.165, 1.54) is 11.1 Å². The molecule has 0 aliphatic rings. The van der Waals surface area contributed by atoms with Crippen LogP contribution in [0, 0.1) is 6.92 Å². The number of carboxylic acids is 1. The molecule has 4 rings (SSSR count). The largest absolute Gasteiger partial charge is 1.00 e. The average molecular weight is 546 g/mol. The molecule has 2 N–H and O–H groups in total. The molecule has 0 radical (unpaired) electrons. The summed E-state index contributed by atoms with van der Waals surface area (Å²) < 4.78 is 0. The van der Waals surface area contributed by atoms with Crippen molar-refractivity contribution in [2.24, 2.45) is 0 Å². The fraction of sp³-hybridized carbons (Fsp3) is 0.235. The van der Waals surface area contributed by atoms with Crippen LogP contribution in [0.5, 0.6) is 0 Å². The molecule has 0 saturated heterocycles. The van der Waals surface area contributed by atoms with Crippen LogP contribution in [0.3, 0.4) is 0 Å². The van der Waals surface area contributed by atoms with Gasteiger partial charge in [0.2, 0.25) is 0 Å². The first-order valence-electron chi connectivity index (χ1n) is 13.3. The van der Waals surface area contributed by atoms with Crippen molar-refractivity contribution in [2.75, 3.05) is 12.0 Å². The van der Waals surface area contributed by atoms with Crippen LogP contribution in [-0.2, 0) is 17.6 Å². The summed E-state index contributed by atoms with van der Waals surface area (Å²) in [5.41, 5.74) is 7.04. The molecule has 0 fully saturated rings. The molecule has 0 heterocycles. The van der Waals surface area contributed by atoms with Gasteiger partial charge in [0, 0.05) is 5.56 Å². The van der Waals surface area contributed by atoms with Crippen molar-refractivity contribution in [1.29, 1.82) is 0 Å². The molecule has 0 saturated carbocycles. The second-order valence-corrected chi connectivity index (χ2v) is 10.8. The second-order valence-electron chi connectivity index (χ2n) is 9.84. The van der Waals surface area contributed by atoms with Crippen molar-refractivity contribution < 1.29 is 35.0 Å². The van der Waals surface area contributed by atoms with Gasteiger partial charge in [-0.15, -0.1) is 0 Å². The van der Waals surface area contributed by atoms with Crippen molar-refractivity contribution >= 4 is 23.6 Å². The normalized spacial score (nSPS) is 12.2. The third-order valence-corrected chi connectivity index (χ3v) is 7.70. The number of aryl methyl sites for hydroxylation is 1. The van der Waals surface area contributed by atoms with Crippen molar-refractivity contribution in [3.05, 3.63) is 131 Å². The molecule has 1 amide bonds. The van der Waals surface area contributed by atoms with Gasteiger partial charge in [0.1, 0.15) is 6.04 Å². The molecule has 4 aromatic carbocycles. The van der Waals surface area contributed by atoms with Gasteiger partial charge < -0.3 is 11.8 Å². The van der Waals surface area contributed by atoms with E-state index in [9.17, 15) is 14.7 Å². The molecule has 0 bridgehead atoms. The topological polar surface area (TPSA) is 66.4 Å². The Hall–Kier alpha value is -3.23. The Morgan fingerprint density at radius 3 is 2.10 bits per heavy atom. The summed E-state index contributed by atoms with van der Waals surface area (Å²) >= 11 is 1.56. The molecule has 0 aromatic heterocycles. The molecule has 2 atom stereocenters. The number of aliphatic carboxylic acids is 1. The van der Waals surface area contributed by atoms with Crippen molar-refractivity contribution in [2.45, 2.75) is 38.1 Å². The van der Waals surface area contributed by atoms with Crippen LogP contribution < -0.4 is 24.2 Å². The maximum absolute atomic E-state index is 13.4. The molecule has 0 aliphatic carbocycles. The number of hydrogen-bond acceptors (Lipinski definition) is 3. The molecular weight excluding hydrogens is 509 g/mol. The quantitative estimate of drug-likeness (QED) is 0.261. The van der Waals surface area contributed by atoms with Gasteiger partial charge in [0.25, 0.3) is 5.91 Å². The first-order chi connectivity index (χ1) is 19.0. The van der Waals surface area contributed by atoms with Crippen LogP contribution in [-0.4, -0.2) is 35.0 Å². The monoisotopic (exact) mass is 545 g/mol. The fourth-order valence-electron chi connectivity index (χ4n) is 4.96. The van der Waals surface area contributed by atoms with E-state index in [1.54, 1.807) is 11.8 Å². The van der Waals surface area contributed by atoms with Crippen LogP contribution in [0.25, 0.3) is 11.1 Å². The van der Waals surface area contributed by atoms with E-state index >= 15 is 0 Å². The Bertz CT molecular complexity index is 1400. The minimum Gasteiger partial charge on any atom is -1.00 e. The van der Waals surface area contributed by atoms with E-state index in [1.807, 2.05) is 61.7 Å². The average Bonchev–Trinajstić information content (AvgIpc) is 2.96. The van der Waals surface area contributed by atoms with E-state index < -0.39 is 12.0 Å². The molecule has 4 aromatic rings. The Morgan fingerprint density at radius 2 is 1.45 bits per heavy atom. The van der Waals surface area contributed by atoms with Gasteiger partial charge in [-0.3, -0.25) is 4.79 Å². The summed E-state index contributed by atoms with van der Waals surface area (Å²) in [6, 6.07) is 34.1. The van der Waals surface area contributed by atoms with Gasteiger partial charge in [-0.1, -0.05) is 97.1 Å². The molecule has 6 heteroatoms. The number of amides is 1. The zero-order chi connectivity index (χ0) is 27.6. The predicted octanol–water partition coefficient (Wildman–Crippen LogP) is 4.28. The Labute approximate surface area is 255 Å². The van der Waals surface area contributed by atoms with Gasteiger partial charge in [-0.2, -0.15) is 11.8 Å². The Balaban J connectivity index is 0.00000294. The van der Waals surface area contributed by atoms with E-state index in [0.29, 0.717) is 17.7 Å². The number of benzene rings is 4. The van der Waals surface area contributed by atoms with Gasteiger partial charge in [0.15, 0.2) is 0 Å². The summed E-state index contributed by atoms with van der Waals surface area (Å²) in [6.45, 7) is 2.03. The predicted molar refractivity (Wildman–Crippen MR) is 163 cm³/mol. The number of hydrogen-bond donors (Lipinski definition) is 2. The number of carboxylic acid groups (broad SMARTS) is 1. The zero-order valence-electron chi connectivity index (χ0n) is 24.5. The van der Waals surface area contributed by atoms with E-state index in [0.717, 1.165) is 35.1 Å². The van der Waals surface area contributed by atoms with Crippen LogP contribution >= 0.6 is 11.8 Å². The molecule has 202 valence electrons. The zero-order valence-corrected chi connectivity index (χ0v) is 24.3. The number of thioether (sulfide) groups is 1. The van der Waals surface area contributed by atoms with Gasteiger partial charge in [-0.25, -0.2) is 4.79 Å². The third-order valence-electron chi connectivity index (χ3n) is 7.06. The molecule has 40 heavy (non-hydrogen) atoms. The van der Waals surface area contributed by atoms with E-state index in [4.69, 9.17) is 0 Å². The molecular formula is C34H36LiNO3S. The van der Waals surface area contributed by atoms with E-state index in [2.05, 4.69) is 59.9 Å². The number of rotatable bonds is 12. The number of carbonyl (C=O) groups is 2. The summed E-state index contributed by atoms with van der Waals surface area (Å²) in [6.07, 6.45) is 4.02. The van der Waals surface area contributed by atoms with E-state index in [-0.39, 0.29) is 32.1 Å². The minimum absolute atomic E-state index is 0. The SMILES string of the molecule is CSCCC(NC(=O)c1ccc(CC(Cc2ccccc2)c2ccccc2)cc1-c1ccccc1C)C(=O)O.[H-].[Li+]. The maximum atomic E-state index is 13.4. The maximum Gasteiger partial charge on any atom is 1.00 e. The third kappa shape index (κ3) is 8.38. The number of nitrogens with one attached hydrogen (secondary N) is 1. The fourth-order valence-corrected chi connectivity index (χ4v) is 5.43. The van der Waals surface area contributed by atoms with Gasteiger partial charge >= 0.3 is 24.8 Å². The Morgan fingerprint density at radius 1 is 0.825 bits per heavy atom. The Kier molecular flexibility index (Phi) is 12.1. The van der Waals surface area contributed by atoms with Crippen molar-refractivity contribution in [1.82, 2.24) is 5.32 Å². The van der Waals surface area contributed by atoms with Gasteiger partial charge in [0.05, 0.1) is 0 Å². The summed E-state index contributed by atoms with van der Waals surface area (Å²) in [7, 11) is 0. The van der Waals surface area contributed by atoms with Crippen LogP contribution in [0.4, 0.5) is 0 Å². The van der Waals surface area contributed by atoms with Crippen LogP contribution in [0.15, 0.2) is 103 Å². The second kappa shape index (κ2) is 15.5. The summed E-state index contributed by atoms with van der Waals surface area (Å²) in [5, 5.41) is 12.4. The van der Waals surface area contributed by atoms with Crippen LogP contribution in [0.1, 0.15) is 46.4 Å². The summed E-state index contributed by atoms with van der Waals surface area (Å²) in [4.78, 5) is 25.3. The standard InChI is InChI=1S/C34H35NO3S.Li.H/c1-24-11-9-10-16-29(24)31-23-26(17-18-30(31)33(36)35-32(34(37)38)19-20-39-2)22-28(27-14-7-4-8-15-27)21-25-12-5-3-6-13-25;;/h3-18,23,28,32H,19-22H2,1-2H3,(H,35,36)(H,37,38);;/q;+1;-1. The first kappa shape index (κ1) is 31.3. The van der Waals surface area contributed by atoms with Crippen molar-refractivity contribution in [3.63, 3.8) is 0 Å².